The second-order valence-corrected chi connectivity index (χ2v) is 8.77. The van der Waals surface area contributed by atoms with Crippen LogP contribution in [0.3, 0.4) is 0 Å². The molecule has 0 spiro atoms. The van der Waals surface area contributed by atoms with Crippen molar-refractivity contribution < 1.29 is 28.9 Å². The summed E-state index contributed by atoms with van der Waals surface area (Å²) in [6.07, 6.45) is 0. The van der Waals surface area contributed by atoms with E-state index in [-0.39, 0.29) is 11.3 Å². The van der Waals surface area contributed by atoms with Gasteiger partial charge in [-0.05, 0) is 67.9 Å². The van der Waals surface area contributed by atoms with Crippen LogP contribution in [-0.4, -0.2) is 74.1 Å². The number of nitrogens with zero attached hydrogens (tertiary/aromatic N) is 2. The summed E-state index contributed by atoms with van der Waals surface area (Å²) in [5, 5.41) is 11.5. The number of hydrogen-bond donors (Lipinski definition) is 1. The lowest BCUT2D eigenvalue weighted by atomic mass is 9.93. The predicted octanol–water partition coefficient (Wildman–Crippen LogP) is 4.09. The molecule has 1 aliphatic rings. The van der Waals surface area contributed by atoms with Crippen LogP contribution in [0.15, 0.2) is 35.9 Å². The molecule has 194 valence electrons. The summed E-state index contributed by atoms with van der Waals surface area (Å²) in [6.45, 7) is 10.4. The third-order valence-electron chi connectivity index (χ3n) is 6.81. The van der Waals surface area contributed by atoms with Crippen LogP contribution in [0, 0.1) is 13.8 Å². The van der Waals surface area contributed by atoms with E-state index >= 15 is 0 Å². The maximum Gasteiger partial charge on any atom is 0.295 e. The van der Waals surface area contributed by atoms with E-state index in [1.807, 2.05) is 19.9 Å². The van der Waals surface area contributed by atoms with Gasteiger partial charge < -0.3 is 29.1 Å². The molecule has 0 saturated carbocycles. The average molecular weight is 497 g/mol. The van der Waals surface area contributed by atoms with Crippen molar-refractivity contribution in [3.8, 4) is 17.2 Å². The number of ether oxygens (including phenoxy) is 3. The number of aliphatic hydroxyl groups is 1. The Morgan fingerprint density at radius 1 is 0.917 bits per heavy atom. The van der Waals surface area contributed by atoms with Crippen LogP contribution in [0.2, 0.25) is 0 Å². The van der Waals surface area contributed by atoms with Crippen molar-refractivity contribution >= 4 is 17.4 Å². The number of likely N-dealkylation sites (tertiary alicyclic amines) is 1. The fraction of sp³-hybridized carbons (Fsp3) is 0.429. The predicted molar refractivity (Wildman–Crippen MR) is 139 cm³/mol. The van der Waals surface area contributed by atoms with Gasteiger partial charge in [0.25, 0.3) is 11.7 Å². The number of amides is 1. The number of aryl methyl sites for hydroxylation is 2. The standard InChI is InChI=1S/C28H36N2O6/c1-8-29(9-2)12-13-30-25(19-10-11-21(34-5)23(16-19)36-7)24(27(32)28(30)33)26(31)20-14-18(4)22(35-6)15-17(20)3/h10-11,14-16,25,31H,8-9,12-13H2,1-7H3/b26-24+. The largest absolute Gasteiger partial charge is 0.507 e. The molecule has 2 aromatic carbocycles. The van der Waals surface area contributed by atoms with Crippen molar-refractivity contribution in [1.29, 1.82) is 0 Å². The van der Waals surface area contributed by atoms with Gasteiger partial charge in [0.1, 0.15) is 11.5 Å². The number of Topliss-reactive ketones (excluding diaryl/α,β-unsaturated/α-hetero) is 1. The van der Waals surface area contributed by atoms with Crippen LogP contribution in [0.4, 0.5) is 0 Å². The summed E-state index contributed by atoms with van der Waals surface area (Å²) >= 11 is 0. The van der Waals surface area contributed by atoms with Crippen molar-refractivity contribution in [3.63, 3.8) is 0 Å². The van der Waals surface area contributed by atoms with Gasteiger partial charge in [-0.1, -0.05) is 19.9 Å². The summed E-state index contributed by atoms with van der Waals surface area (Å²) in [5.74, 6) is 0.136. The summed E-state index contributed by atoms with van der Waals surface area (Å²) in [6, 6.07) is 8.09. The molecule has 8 heteroatoms. The maximum atomic E-state index is 13.4. The Bertz CT molecular complexity index is 1170. The van der Waals surface area contributed by atoms with E-state index in [4.69, 9.17) is 14.2 Å². The molecule has 0 aliphatic carbocycles. The molecule has 1 saturated heterocycles. The molecule has 1 aliphatic heterocycles. The number of hydrogen-bond acceptors (Lipinski definition) is 7. The van der Waals surface area contributed by atoms with Crippen LogP contribution in [-0.2, 0) is 9.59 Å². The smallest absolute Gasteiger partial charge is 0.295 e. The summed E-state index contributed by atoms with van der Waals surface area (Å²) in [4.78, 5) is 30.4. The number of carbonyl (C=O) groups excluding carboxylic acids is 2. The molecule has 1 amide bonds. The molecule has 1 N–H and O–H groups in total. The lowest BCUT2D eigenvalue weighted by Gasteiger charge is -2.28. The van der Waals surface area contributed by atoms with E-state index in [9.17, 15) is 14.7 Å². The number of likely N-dealkylation sites (N-methyl/N-ethyl adjacent to an activating group) is 1. The minimum absolute atomic E-state index is 0.0550. The van der Waals surface area contributed by atoms with Gasteiger partial charge in [0.15, 0.2) is 11.5 Å². The summed E-state index contributed by atoms with van der Waals surface area (Å²) in [5.41, 5.74) is 2.73. The van der Waals surface area contributed by atoms with Crippen LogP contribution >= 0.6 is 0 Å². The molecule has 0 aromatic heterocycles. The second-order valence-electron chi connectivity index (χ2n) is 8.77. The summed E-state index contributed by atoms with van der Waals surface area (Å²) in [7, 11) is 4.66. The molecular weight excluding hydrogens is 460 g/mol. The lowest BCUT2D eigenvalue weighted by molar-refractivity contribution is -0.140. The first-order valence-electron chi connectivity index (χ1n) is 12.1. The monoisotopic (exact) mass is 496 g/mol. The number of rotatable bonds is 10. The van der Waals surface area contributed by atoms with Gasteiger partial charge in [-0.3, -0.25) is 9.59 Å². The molecule has 0 bridgehead atoms. The zero-order valence-electron chi connectivity index (χ0n) is 22.2. The average Bonchev–Trinajstić information content (AvgIpc) is 3.14. The van der Waals surface area contributed by atoms with Gasteiger partial charge in [-0.2, -0.15) is 0 Å². The van der Waals surface area contributed by atoms with Crippen molar-refractivity contribution in [2.75, 3.05) is 47.5 Å². The third kappa shape index (κ3) is 5.04. The zero-order chi connectivity index (χ0) is 26.6. The van der Waals surface area contributed by atoms with Gasteiger partial charge in [0.05, 0.1) is 32.9 Å². The van der Waals surface area contributed by atoms with Gasteiger partial charge in [0.2, 0.25) is 0 Å². The minimum Gasteiger partial charge on any atom is -0.507 e. The Hall–Kier alpha value is -3.52. The Kier molecular flexibility index (Phi) is 8.63. The number of ketones is 1. The van der Waals surface area contributed by atoms with Crippen molar-refractivity contribution in [3.05, 3.63) is 58.2 Å². The molecular formula is C28H36N2O6. The first-order chi connectivity index (χ1) is 17.2. The molecule has 1 unspecified atom stereocenters. The van der Waals surface area contributed by atoms with E-state index < -0.39 is 17.7 Å². The van der Waals surface area contributed by atoms with Crippen LogP contribution in [0.25, 0.3) is 5.76 Å². The zero-order valence-corrected chi connectivity index (χ0v) is 22.2. The Morgan fingerprint density at radius 3 is 2.14 bits per heavy atom. The SMILES string of the molecule is CCN(CC)CCN1C(=O)C(=O)/C(=C(/O)c2cc(C)c(OC)cc2C)C1c1ccc(OC)c(OC)c1. The number of benzene rings is 2. The second kappa shape index (κ2) is 11.5. The van der Waals surface area contributed by atoms with Crippen molar-refractivity contribution in [1.82, 2.24) is 9.80 Å². The van der Waals surface area contributed by atoms with Gasteiger partial charge in [-0.15, -0.1) is 0 Å². The molecule has 2 aromatic rings. The first kappa shape index (κ1) is 27.1. The third-order valence-corrected chi connectivity index (χ3v) is 6.81. The highest BCUT2D eigenvalue weighted by Gasteiger charge is 2.46. The van der Waals surface area contributed by atoms with Gasteiger partial charge in [0, 0.05) is 18.7 Å². The van der Waals surface area contributed by atoms with E-state index in [1.165, 1.54) is 7.11 Å². The topological polar surface area (TPSA) is 88.5 Å². The molecule has 1 heterocycles. The number of aliphatic hydroxyl groups excluding tert-OH is 1. The van der Waals surface area contributed by atoms with E-state index in [2.05, 4.69) is 18.7 Å². The van der Waals surface area contributed by atoms with E-state index in [0.29, 0.717) is 41.5 Å². The molecule has 1 atom stereocenters. The highest BCUT2D eigenvalue weighted by atomic mass is 16.5. The molecule has 0 radical (unpaired) electrons. The Balaban J connectivity index is 2.21. The van der Waals surface area contributed by atoms with Gasteiger partial charge in [-0.25, -0.2) is 0 Å². The normalized spacial score (nSPS) is 17.1. The highest BCUT2D eigenvalue weighted by molar-refractivity contribution is 6.46. The highest BCUT2D eigenvalue weighted by Crippen LogP contribution is 2.42. The van der Waals surface area contributed by atoms with Crippen LogP contribution in [0.5, 0.6) is 17.2 Å². The van der Waals surface area contributed by atoms with Crippen LogP contribution in [0.1, 0.15) is 42.1 Å². The molecule has 1 fully saturated rings. The Morgan fingerprint density at radius 2 is 1.56 bits per heavy atom. The summed E-state index contributed by atoms with van der Waals surface area (Å²) < 4.78 is 16.3. The Labute approximate surface area is 213 Å². The van der Waals surface area contributed by atoms with E-state index in [0.717, 1.165) is 24.2 Å². The van der Waals surface area contributed by atoms with E-state index in [1.54, 1.807) is 43.4 Å². The first-order valence-corrected chi connectivity index (χ1v) is 12.1. The molecule has 3 rings (SSSR count). The number of methoxy groups -OCH3 is 3. The maximum absolute atomic E-state index is 13.4. The lowest BCUT2D eigenvalue weighted by Crippen LogP contribution is -2.38. The van der Waals surface area contributed by atoms with Crippen molar-refractivity contribution in [2.45, 2.75) is 33.7 Å². The number of carbonyl (C=O) groups is 2. The fourth-order valence-electron chi connectivity index (χ4n) is 4.68. The fourth-order valence-corrected chi connectivity index (χ4v) is 4.68. The molecule has 36 heavy (non-hydrogen) atoms. The minimum atomic E-state index is -0.776. The molecule has 8 nitrogen and oxygen atoms in total. The van der Waals surface area contributed by atoms with Crippen molar-refractivity contribution in [2.24, 2.45) is 0 Å². The van der Waals surface area contributed by atoms with Crippen LogP contribution < -0.4 is 14.2 Å². The van der Waals surface area contributed by atoms with Gasteiger partial charge >= 0.3 is 0 Å². The quantitative estimate of drug-likeness (QED) is 0.301.